The molecule has 1 saturated heterocycles. The van der Waals surface area contributed by atoms with E-state index < -0.39 is 5.41 Å². The van der Waals surface area contributed by atoms with Crippen LogP contribution < -0.4 is 4.90 Å². The van der Waals surface area contributed by atoms with Crippen LogP contribution in [0.2, 0.25) is 0 Å². The van der Waals surface area contributed by atoms with E-state index in [1.54, 1.807) is 16.4 Å². The van der Waals surface area contributed by atoms with Crippen LogP contribution in [0.1, 0.15) is 47.2 Å². The molecule has 2 heterocycles. The second kappa shape index (κ2) is 6.16. The van der Waals surface area contributed by atoms with Gasteiger partial charge in [0.1, 0.15) is 0 Å². The monoisotopic (exact) mass is 325 g/mol. The molecule has 0 saturated carbocycles. The quantitative estimate of drug-likeness (QED) is 0.836. The molecule has 1 aliphatic rings. The summed E-state index contributed by atoms with van der Waals surface area (Å²) in [6.07, 6.45) is 0. The number of thiazole rings is 1. The molecule has 0 bridgehead atoms. The minimum atomic E-state index is -0.464. The minimum absolute atomic E-state index is 0.0822. The van der Waals surface area contributed by atoms with Crippen LogP contribution in [0.25, 0.3) is 0 Å². The molecule has 0 N–H and O–H groups in total. The van der Waals surface area contributed by atoms with E-state index in [2.05, 4.69) is 31.1 Å². The molecule has 1 aromatic rings. The molecule has 124 valence electrons. The SMILES string of the molecule is CC(C)(C)C(=O)ON1CCN(c2nc(C(C)(C)C)cs2)CC1. The van der Waals surface area contributed by atoms with Gasteiger partial charge in [0, 0.05) is 23.9 Å². The second-order valence-electron chi connectivity index (χ2n) is 7.81. The zero-order valence-electron chi connectivity index (χ0n) is 14.5. The van der Waals surface area contributed by atoms with Crippen molar-refractivity contribution in [3.05, 3.63) is 11.1 Å². The average molecular weight is 325 g/mol. The molecule has 0 atom stereocenters. The van der Waals surface area contributed by atoms with E-state index in [1.165, 1.54) is 0 Å². The number of hydrogen-bond donors (Lipinski definition) is 0. The highest BCUT2D eigenvalue weighted by Gasteiger charge is 2.28. The highest BCUT2D eigenvalue weighted by atomic mass is 32.1. The van der Waals surface area contributed by atoms with E-state index >= 15 is 0 Å². The Balaban J connectivity index is 1.90. The summed E-state index contributed by atoms with van der Waals surface area (Å²) >= 11 is 1.69. The van der Waals surface area contributed by atoms with Gasteiger partial charge in [-0.05, 0) is 20.8 Å². The van der Waals surface area contributed by atoms with Crippen molar-refractivity contribution < 1.29 is 9.63 Å². The summed E-state index contributed by atoms with van der Waals surface area (Å²) in [5, 5.41) is 4.97. The maximum atomic E-state index is 11.9. The topological polar surface area (TPSA) is 45.7 Å². The molecule has 1 aliphatic heterocycles. The first-order valence-corrected chi connectivity index (χ1v) is 8.63. The van der Waals surface area contributed by atoms with Crippen molar-refractivity contribution in [3.63, 3.8) is 0 Å². The zero-order chi connectivity index (χ0) is 16.5. The highest BCUT2D eigenvalue weighted by Crippen LogP contribution is 2.29. The van der Waals surface area contributed by atoms with E-state index in [9.17, 15) is 4.79 Å². The molecule has 0 spiro atoms. The van der Waals surface area contributed by atoms with Gasteiger partial charge in [-0.3, -0.25) is 0 Å². The van der Waals surface area contributed by atoms with E-state index in [-0.39, 0.29) is 11.4 Å². The predicted molar refractivity (Wildman–Crippen MR) is 90.1 cm³/mol. The van der Waals surface area contributed by atoms with Gasteiger partial charge in [0.2, 0.25) is 0 Å². The minimum Gasteiger partial charge on any atom is -0.367 e. The van der Waals surface area contributed by atoms with Crippen LogP contribution in [0.5, 0.6) is 0 Å². The number of rotatable bonds is 2. The Morgan fingerprint density at radius 3 is 2.18 bits per heavy atom. The molecule has 0 aliphatic carbocycles. The molecule has 2 rings (SSSR count). The lowest BCUT2D eigenvalue weighted by Crippen LogP contribution is -2.48. The molecule has 0 unspecified atom stereocenters. The predicted octanol–water partition coefficient (Wildman–Crippen LogP) is 3.07. The van der Waals surface area contributed by atoms with Crippen molar-refractivity contribution in [2.45, 2.75) is 47.0 Å². The Bertz CT molecular complexity index is 520. The maximum absolute atomic E-state index is 11.9. The smallest absolute Gasteiger partial charge is 0.330 e. The molecule has 1 fully saturated rings. The Kier molecular flexibility index (Phi) is 4.82. The molecule has 5 nitrogen and oxygen atoms in total. The third-order valence-corrected chi connectivity index (χ3v) is 4.50. The van der Waals surface area contributed by atoms with Gasteiger partial charge >= 0.3 is 5.97 Å². The summed E-state index contributed by atoms with van der Waals surface area (Å²) in [5.74, 6) is -0.176. The van der Waals surface area contributed by atoms with Crippen LogP contribution in [0.15, 0.2) is 5.38 Å². The third kappa shape index (κ3) is 4.20. The first-order chi connectivity index (χ1) is 10.1. The van der Waals surface area contributed by atoms with Gasteiger partial charge in [0.25, 0.3) is 0 Å². The number of carbonyl (C=O) groups is 1. The number of carbonyl (C=O) groups excluding carboxylic acids is 1. The van der Waals surface area contributed by atoms with Crippen LogP contribution in [-0.4, -0.2) is 42.2 Å². The van der Waals surface area contributed by atoms with Gasteiger partial charge in [0.05, 0.1) is 24.2 Å². The molecule has 6 heteroatoms. The second-order valence-corrected chi connectivity index (χ2v) is 8.65. The van der Waals surface area contributed by atoms with Crippen LogP contribution in [0.4, 0.5) is 5.13 Å². The maximum Gasteiger partial charge on any atom is 0.330 e. The van der Waals surface area contributed by atoms with Gasteiger partial charge in [-0.1, -0.05) is 20.8 Å². The zero-order valence-corrected chi connectivity index (χ0v) is 15.3. The Morgan fingerprint density at radius 1 is 1.14 bits per heavy atom. The number of aromatic nitrogens is 1. The van der Waals surface area contributed by atoms with Crippen molar-refractivity contribution in [1.82, 2.24) is 10.0 Å². The van der Waals surface area contributed by atoms with Crippen molar-refractivity contribution in [2.75, 3.05) is 31.1 Å². The fourth-order valence-corrected chi connectivity index (χ4v) is 3.08. The van der Waals surface area contributed by atoms with Gasteiger partial charge in [-0.15, -0.1) is 16.4 Å². The Morgan fingerprint density at radius 2 is 1.73 bits per heavy atom. The third-order valence-electron chi connectivity index (χ3n) is 3.59. The Hall–Kier alpha value is -1.14. The first-order valence-electron chi connectivity index (χ1n) is 7.76. The van der Waals surface area contributed by atoms with Crippen LogP contribution in [0, 0.1) is 5.41 Å². The number of piperazine rings is 1. The number of nitrogens with zero attached hydrogens (tertiary/aromatic N) is 3. The highest BCUT2D eigenvalue weighted by molar-refractivity contribution is 7.13. The van der Waals surface area contributed by atoms with Crippen molar-refractivity contribution in [3.8, 4) is 0 Å². The van der Waals surface area contributed by atoms with Crippen molar-refractivity contribution in [1.29, 1.82) is 0 Å². The van der Waals surface area contributed by atoms with Gasteiger partial charge in [-0.25, -0.2) is 9.78 Å². The molecule has 0 radical (unpaired) electrons. The summed E-state index contributed by atoms with van der Waals surface area (Å²) in [6, 6.07) is 0. The number of hydroxylamine groups is 2. The average Bonchev–Trinajstić information content (AvgIpc) is 2.88. The van der Waals surface area contributed by atoms with E-state index in [0.717, 1.165) is 23.9 Å². The lowest BCUT2D eigenvalue weighted by Gasteiger charge is -2.34. The van der Waals surface area contributed by atoms with Gasteiger partial charge in [0.15, 0.2) is 5.13 Å². The number of hydrogen-bond acceptors (Lipinski definition) is 6. The lowest BCUT2D eigenvalue weighted by atomic mass is 9.93. The van der Waals surface area contributed by atoms with Crippen molar-refractivity contribution in [2.24, 2.45) is 5.41 Å². The fourth-order valence-electron chi connectivity index (χ4n) is 1.98. The normalized spacial score (nSPS) is 17.6. The van der Waals surface area contributed by atoms with E-state index in [4.69, 9.17) is 9.82 Å². The van der Waals surface area contributed by atoms with Gasteiger partial charge < -0.3 is 9.74 Å². The molecule has 22 heavy (non-hydrogen) atoms. The molecule has 0 amide bonds. The van der Waals surface area contributed by atoms with E-state index in [0.29, 0.717) is 13.1 Å². The molecule has 1 aromatic heterocycles. The largest absolute Gasteiger partial charge is 0.367 e. The van der Waals surface area contributed by atoms with Crippen LogP contribution >= 0.6 is 11.3 Å². The molecular weight excluding hydrogens is 298 g/mol. The Labute approximate surface area is 137 Å². The lowest BCUT2D eigenvalue weighted by molar-refractivity contribution is -0.201. The molecule has 0 aromatic carbocycles. The fraction of sp³-hybridized carbons (Fsp3) is 0.750. The summed E-state index contributed by atoms with van der Waals surface area (Å²) < 4.78 is 0. The summed E-state index contributed by atoms with van der Waals surface area (Å²) in [6.45, 7) is 15.2. The number of anilines is 1. The first kappa shape index (κ1) is 17.2. The van der Waals surface area contributed by atoms with Crippen LogP contribution in [-0.2, 0) is 15.0 Å². The van der Waals surface area contributed by atoms with Gasteiger partial charge in [-0.2, -0.15) is 0 Å². The summed E-state index contributed by atoms with van der Waals surface area (Å²) in [5.41, 5.74) is 0.751. The van der Waals surface area contributed by atoms with E-state index in [1.807, 2.05) is 20.8 Å². The standard InChI is InChI=1S/C16H27N3O2S/c1-15(2,3)12-11-22-14(17-12)18-7-9-19(10-8-18)21-13(20)16(4,5)6/h11H,7-10H2,1-6H3. The molecular formula is C16H27N3O2S. The van der Waals surface area contributed by atoms with Crippen molar-refractivity contribution >= 4 is 22.4 Å². The summed E-state index contributed by atoms with van der Waals surface area (Å²) in [4.78, 5) is 24.4. The summed E-state index contributed by atoms with van der Waals surface area (Å²) in [7, 11) is 0. The van der Waals surface area contributed by atoms with Crippen LogP contribution in [0.3, 0.4) is 0 Å².